The lowest BCUT2D eigenvalue weighted by atomic mass is 10.2. The van der Waals surface area contributed by atoms with E-state index in [9.17, 15) is 4.21 Å². The van der Waals surface area contributed by atoms with E-state index in [0.717, 1.165) is 11.1 Å². The molecule has 5 heteroatoms. The summed E-state index contributed by atoms with van der Waals surface area (Å²) in [6.45, 7) is 0. The minimum atomic E-state index is -1.11. The molecule has 2 rings (SSSR count). The smallest absolute Gasteiger partial charge is 0.0526 e. The van der Waals surface area contributed by atoms with Crippen LogP contribution in [0, 0.1) is 0 Å². The van der Waals surface area contributed by atoms with Crippen molar-refractivity contribution in [2.75, 3.05) is 0 Å². The predicted octanol–water partition coefficient (Wildman–Crippen LogP) is 5.57. The van der Waals surface area contributed by atoms with Crippen molar-refractivity contribution in [2.24, 2.45) is 0 Å². The summed E-state index contributed by atoms with van der Waals surface area (Å²) in [5, 5.41) is 3.42. The quantitative estimate of drug-likeness (QED) is 0.708. The highest BCUT2D eigenvalue weighted by Crippen LogP contribution is 2.22. The predicted molar refractivity (Wildman–Crippen MR) is 88.8 cm³/mol. The van der Waals surface area contributed by atoms with Gasteiger partial charge in [-0.25, -0.2) is 0 Å². The second-order valence-electron chi connectivity index (χ2n) is 4.12. The maximum Gasteiger partial charge on any atom is 0.0526 e. The van der Waals surface area contributed by atoms with Gasteiger partial charge in [-0.2, -0.15) is 0 Å². The van der Waals surface area contributed by atoms with Crippen LogP contribution in [-0.2, 0) is 16.6 Å². The second-order valence-corrected chi connectivity index (χ2v) is 6.72. The number of halogens is 3. The Morgan fingerprint density at radius 2 is 1.60 bits per heavy atom. The zero-order valence-corrected chi connectivity index (χ0v) is 13.4. The fourth-order valence-electron chi connectivity index (χ4n) is 1.58. The molecule has 1 nitrogen and oxygen atoms in total. The van der Waals surface area contributed by atoms with Crippen LogP contribution in [0.3, 0.4) is 0 Å². The van der Waals surface area contributed by atoms with Crippen molar-refractivity contribution in [3.63, 3.8) is 0 Å². The van der Waals surface area contributed by atoms with Crippen molar-refractivity contribution in [2.45, 2.75) is 5.75 Å². The number of rotatable bonds is 4. The molecule has 2 aromatic carbocycles. The lowest BCUT2D eigenvalue weighted by Crippen LogP contribution is -1.91. The van der Waals surface area contributed by atoms with Gasteiger partial charge in [-0.1, -0.05) is 53.0 Å². The normalized spacial score (nSPS) is 12.8. The van der Waals surface area contributed by atoms with Crippen LogP contribution in [0.25, 0.3) is 6.08 Å². The van der Waals surface area contributed by atoms with Crippen molar-refractivity contribution in [3.05, 3.63) is 74.1 Å². The fourth-order valence-corrected chi connectivity index (χ4v) is 3.09. The SMILES string of the molecule is O=S(/C=C/c1ccc(Cl)cc1Cl)Cc1ccc(Cl)cc1. The summed E-state index contributed by atoms with van der Waals surface area (Å²) in [5.74, 6) is 0.443. The molecule has 0 aliphatic rings. The van der Waals surface area contributed by atoms with Gasteiger partial charge in [0.15, 0.2) is 0 Å². The first kappa shape index (κ1) is 15.6. The van der Waals surface area contributed by atoms with Crippen LogP contribution in [0.4, 0.5) is 0 Å². The summed E-state index contributed by atoms with van der Waals surface area (Å²) in [4.78, 5) is 0. The van der Waals surface area contributed by atoms with Crippen LogP contribution in [0.5, 0.6) is 0 Å². The average molecular weight is 346 g/mol. The molecule has 0 heterocycles. The minimum absolute atomic E-state index is 0.443. The standard InChI is InChI=1S/C15H11Cl3OS/c16-13-4-1-11(2-5-13)10-20(19)8-7-12-3-6-14(17)9-15(12)18/h1-9H,10H2/b8-7+. The summed E-state index contributed by atoms with van der Waals surface area (Å²) in [6.07, 6.45) is 1.74. The van der Waals surface area contributed by atoms with Gasteiger partial charge in [0.05, 0.1) is 16.6 Å². The fraction of sp³-hybridized carbons (Fsp3) is 0.0667. The molecule has 0 aliphatic carbocycles. The molecule has 0 aromatic heterocycles. The van der Waals surface area contributed by atoms with Crippen LogP contribution in [0.15, 0.2) is 47.9 Å². The first-order valence-electron chi connectivity index (χ1n) is 5.79. The van der Waals surface area contributed by atoms with Crippen LogP contribution in [0.1, 0.15) is 11.1 Å². The van der Waals surface area contributed by atoms with E-state index in [1.165, 1.54) is 0 Å². The molecule has 0 radical (unpaired) electrons. The first-order chi connectivity index (χ1) is 9.54. The molecule has 0 fully saturated rings. The van der Waals surface area contributed by atoms with Crippen molar-refractivity contribution in [3.8, 4) is 0 Å². The molecule has 0 spiro atoms. The Hall–Kier alpha value is -0.800. The van der Waals surface area contributed by atoms with E-state index >= 15 is 0 Å². The summed E-state index contributed by atoms with van der Waals surface area (Å²) >= 11 is 17.7. The van der Waals surface area contributed by atoms with Crippen molar-refractivity contribution >= 4 is 51.7 Å². The highest BCUT2D eigenvalue weighted by atomic mass is 35.5. The molecule has 0 aliphatic heterocycles. The molecule has 0 bridgehead atoms. The molecule has 2 aromatic rings. The Morgan fingerprint density at radius 3 is 2.25 bits per heavy atom. The van der Waals surface area contributed by atoms with Crippen molar-refractivity contribution < 1.29 is 4.21 Å². The number of hydrogen-bond donors (Lipinski definition) is 0. The van der Waals surface area contributed by atoms with Crippen LogP contribution < -0.4 is 0 Å². The Balaban J connectivity index is 2.03. The van der Waals surface area contributed by atoms with Crippen LogP contribution in [0.2, 0.25) is 15.1 Å². The summed E-state index contributed by atoms with van der Waals surface area (Å²) in [6, 6.07) is 12.5. The molecule has 0 amide bonds. The summed E-state index contributed by atoms with van der Waals surface area (Å²) < 4.78 is 12.0. The average Bonchev–Trinajstić information content (AvgIpc) is 2.40. The van der Waals surface area contributed by atoms with Gasteiger partial charge in [-0.05, 0) is 41.5 Å². The molecule has 1 unspecified atom stereocenters. The van der Waals surface area contributed by atoms with Gasteiger partial charge >= 0.3 is 0 Å². The lowest BCUT2D eigenvalue weighted by molar-refractivity contribution is 0.688. The first-order valence-corrected chi connectivity index (χ1v) is 8.31. The maximum atomic E-state index is 12.0. The highest BCUT2D eigenvalue weighted by Gasteiger charge is 2.01. The summed E-state index contributed by atoms with van der Waals surface area (Å²) in [7, 11) is -1.11. The topological polar surface area (TPSA) is 17.1 Å². The van der Waals surface area contributed by atoms with E-state index in [4.69, 9.17) is 34.8 Å². The Bertz CT molecular complexity index is 651. The van der Waals surface area contributed by atoms with E-state index in [1.807, 2.05) is 12.1 Å². The zero-order chi connectivity index (χ0) is 14.5. The van der Waals surface area contributed by atoms with Gasteiger partial charge in [0, 0.05) is 20.5 Å². The van der Waals surface area contributed by atoms with Gasteiger partial charge in [-0.3, -0.25) is 4.21 Å². The molecule has 20 heavy (non-hydrogen) atoms. The van der Waals surface area contributed by atoms with E-state index in [0.29, 0.717) is 20.8 Å². The zero-order valence-electron chi connectivity index (χ0n) is 10.4. The number of hydrogen-bond acceptors (Lipinski definition) is 1. The second kappa shape index (κ2) is 7.28. The number of benzene rings is 2. The molecule has 0 N–H and O–H groups in total. The third-order valence-electron chi connectivity index (χ3n) is 2.58. The molecular formula is C15H11Cl3OS. The van der Waals surface area contributed by atoms with Gasteiger partial charge in [0.1, 0.15) is 0 Å². The van der Waals surface area contributed by atoms with E-state index in [1.54, 1.807) is 41.8 Å². The molecule has 0 saturated heterocycles. The largest absolute Gasteiger partial charge is 0.255 e. The Morgan fingerprint density at radius 1 is 0.950 bits per heavy atom. The Kier molecular flexibility index (Phi) is 5.67. The van der Waals surface area contributed by atoms with Crippen LogP contribution >= 0.6 is 34.8 Å². The molecular weight excluding hydrogens is 335 g/mol. The van der Waals surface area contributed by atoms with Gasteiger partial charge < -0.3 is 0 Å². The third-order valence-corrected chi connectivity index (χ3v) is 4.46. The van der Waals surface area contributed by atoms with Crippen molar-refractivity contribution in [1.29, 1.82) is 0 Å². The summed E-state index contributed by atoms with van der Waals surface area (Å²) in [5.41, 5.74) is 1.76. The monoisotopic (exact) mass is 344 g/mol. The van der Waals surface area contributed by atoms with Gasteiger partial charge in [0.2, 0.25) is 0 Å². The third kappa shape index (κ3) is 4.64. The molecule has 104 valence electrons. The van der Waals surface area contributed by atoms with E-state index in [2.05, 4.69) is 0 Å². The molecule has 0 saturated carbocycles. The van der Waals surface area contributed by atoms with Crippen LogP contribution in [-0.4, -0.2) is 4.21 Å². The van der Waals surface area contributed by atoms with E-state index < -0.39 is 10.8 Å². The van der Waals surface area contributed by atoms with Gasteiger partial charge in [-0.15, -0.1) is 0 Å². The Labute approximate surface area is 135 Å². The lowest BCUT2D eigenvalue weighted by Gasteiger charge is -2.00. The van der Waals surface area contributed by atoms with Crippen molar-refractivity contribution in [1.82, 2.24) is 0 Å². The van der Waals surface area contributed by atoms with Gasteiger partial charge in [0.25, 0.3) is 0 Å². The minimum Gasteiger partial charge on any atom is -0.255 e. The molecule has 1 atom stereocenters. The van der Waals surface area contributed by atoms with E-state index in [-0.39, 0.29) is 0 Å². The highest BCUT2D eigenvalue weighted by molar-refractivity contribution is 7.87. The maximum absolute atomic E-state index is 12.0.